The van der Waals surface area contributed by atoms with Crippen LogP contribution in [0.2, 0.25) is 0 Å². The molecular weight excluding hydrogens is 340 g/mol. The molecule has 0 saturated carbocycles. The lowest BCUT2D eigenvalue weighted by atomic mass is 10.0. The summed E-state index contributed by atoms with van der Waals surface area (Å²) in [5, 5.41) is 8.79. The summed E-state index contributed by atoms with van der Waals surface area (Å²) in [6, 6.07) is 4.77. The quantitative estimate of drug-likeness (QED) is 0.674. The van der Waals surface area contributed by atoms with Gasteiger partial charge in [-0.15, -0.1) is 0 Å². The highest BCUT2D eigenvalue weighted by Gasteiger charge is 2.34. The number of carbonyl (C=O) groups is 1. The molecule has 0 aliphatic carbocycles. The Morgan fingerprint density at radius 1 is 0.958 bits per heavy atom. The molecule has 0 radical (unpaired) electrons. The van der Waals surface area contributed by atoms with Gasteiger partial charge in [0.15, 0.2) is 5.78 Å². The number of carbonyl (C=O) groups excluding carboxylic acids is 1. The van der Waals surface area contributed by atoms with Crippen LogP contribution in [0.15, 0.2) is 36.4 Å². The van der Waals surface area contributed by atoms with E-state index in [1.165, 1.54) is 0 Å². The third-order valence-corrected chi connectivity index (χ3v) is 3.09. The van der Waals surface area contributed by atoms with Gasteiger partial charge in [-0.1, -0.05) is 12.1 Å². The van der Waals surface area contributed by atoms with Gasteiger partial charge < -0.3 is 5.11 Å². The number of Topliss-reactive ketones (excluding diaryl/α,β-unsaturated/α-hetero) is 1. The molecule has 128 valence electrons. The molecule has 0 aliphatic rings. The Kier molecular flexibility index (Phi) is 4.66. The zero-order valence-corrected chi connectivity index (χ0v) is 11.7. The third-order valence-electron chi connectivity index (χ3n) is 3.09. The van der Waals surface area contributed by atoms with Crippen LogP contribution in [0.25, 0.3) is 11.3 Å². The molecular formula is C15H9F6NO2. The van der Waals surface area contributed by atoms with Crippen LogP contribution in [0.4, 0.5) is 26.3 Å². The van der Waals surface area contributed by atoms with Gasteiger partial charge in [-0.3, -0.25) is 4.79 Å². The van der Waals surface area contributed by atoms with E-state index in [1.54, 1.807) is 0 Å². The summed E-state index contributed by atoms with van der Waals surface area (Å²) in [6.45, 7) is -1.01. The van der Waals surface area contributed by atoms with Crippen molar-refractivity contribution in [2.24, 2.45) is 0 Å². The fraction of sp³-hybridized carbons (Fsp3) is 0.200. The molecule has 2 rings (SSSR count). The van der Waals surface area contributed by atoms with Gasteiger partial charge in [0, 0.05) is 11.1 Å². The number of benzene rings is 1. The maximum absolute atomic E-state index is 12.9. The van der Waals surface area contributed by atoms with E-state index < -0.39 is 41.6 Å². The maximum Gasteiger partial charge on any atom is 0.433 e. The summed E-state index contributed by atoms with van der Waals surface area (Å²) in [4.78, 5) is 14.8. The summed E-state index contributed by atoms with van der Waals surface area (Å²) in [5.41, 5.74) is -3.13. The highest BCUT2D eigenvalue weighted by molar-refractivity contribution is 5.97. The number of halogens is 6. The number of aromatic nitrogens is 1. The highest BCUT2D eigenvalue weighted by Crippen LogP contribution is 2.33. The number of rotatable bonds is 3. The van der Waals surface area contributed by atoms with Crippen LogP contribution in [0.5, 0.6) is 0 Å². The standard InChI is InChI=1S/C15H9F6NO2/c16-14(17,18)10-3-1-8(2-4-10)11-5-9(12(24)7-23)6-13(22-11)15(19,20)21/h1-6,23H,7H2. The van der Waals surface area contributed by atoms with Gasteiger partial charge in [0.25, 0.3) is 0 Å². The van der Waals surface area contributed by atoms with E-state index in [0.29, 0.717) is 18.2 Å². The summed E-state index contributed by atoms with van der Waals surface area (Å²) in [5.74, 6) is -0.962. The van der Waals surface area contributed by atoms with Crippen LogP contribution in [0.3, 0.4) is 0 Å². The van der Waals surface area contributed by atoms with Crippen molar-refractivity contribution in [2.75, 3.05) is 6.61 Å². The molecule has 9 heteroatoms. The first-order valence-electron chi connectivity index (χ1n) is 6.43. The van der Waals surface area contributed by atoms with Crippen LogP contribution in [-0.4, -0.2) is 22.5 Å². The number of ketones is 1. The molecule has 24 heavy (non-hydrogen) atoms. The highest BCUT2D eigenvalue weighted by atomic mass is 19.4. The average Bonchev–Trinajstić information content (AvgIpc) is 2.52. The molecule has 0 saturated heterocycles. The molecule has 0 unspecified atom stereocenters. The number of aliphatic hydroxyl groups excluding tert-OH is 1. The van der Waals surface area contributed by atoms with Crippen molar-refractivity contribution in [3.05, 3.63) is 53.2 Å². The van der Waals surface area contributed by atoms with E-state index in [1.807, 2.05) is 0 Å². The Balaban J connectivity index is 2.55. The van der Waals surface area contributed by atoms with Gasteiger partial charge in [0.05, 0.1) is 11.3 Å². The molecule has 0 bridgehead atoms. The fourth-order valence-electron chi connectivity index (χ4n) is 1.91. The Hall–Kier alpha value is -2.42. The number of hydrogen-bond acceptors (Lipinski definition) is 3. The first-order valence-corrected chi connectivity index (χ1v) is 6.43. The first kappa shape index (κ1) is 17.9. The van der Waals surface area contributed by atoms with Crippen LogP contribution >= 0.6 is 0 Å². The molecule has 1 N–H and O–H groups in total. The topological polar surface area (TPSA) is 50.2 Å². The third kappa shape index (κ3) is 3.91. The molecule has 1 heterocycles. The number of pyridine rings is 1. The van der Waals surface area contributed by atoms with Gasteiger partial charge in [-0.25, -0.2) is 4.98 Å². The van der Waals surface area contributed by atoms with Crippen molar-refractivity contribution in [1.82, 2.24) is 4.98 Å². The van der Waals surface area contributed by atoms with Crippen LogP contribution in [0, 0.1) is 0 Å². The van der Waals surface area contributed by atoms with E-state index in [0.717, 1.165) is 18.2 Å². The molecule has 3 nitrogen and oxygen atoms in total. The molecule has 1 aromatic heterocycles. The minimum atomic E-state index is -4.85. The molecule has 0 aliphatic heterocycles. The van der Waals surface area contributed by atoms with E-state index in [2.05, 4.69) is 4.98 Å². The zero-order chi connectivity index (χ0) is 18.1. The average molecular weight is 349 g/mol. The second-order valence-corrected chi connectivity index (χ2v) is 4.78. The molecule has 1 aromatic carbocycles. The predicted octanol–water partition coefficient (Wildman–Crippen LogP) is 3.96. The lowest BCUT2D eigenvalue weighted by Gasteiger charge is -2.11. The summed E-state index contributed by atoms with van der Waals surface area (Å²) in [6.07, 6.45) is -9.44. The number of alkyl halides is 6. The largest absolute Gasteiger partial charge is 0.433 e. The number of aliphatic hydroxyl groups is 1. The van der Waals surface area contributed by atoms with Crippen LogP contribution in [-0.2, 0) is 12.4 Å². The van der Waals surface area contributed by atoms with E-state index in [9.17, 15) is 31.1 Å². The Morgan fingerprint density at radius 3 is 2.00 bits per heavy atom. The molecule has 0 atom stereocenters. The van der Waals surface area contributed by atoms with Crippen molar-refractivity contribution in [1.29, 1.82) is 0 Å². The van der Waals surface area contributed by atoms with Crippen LogP contribution in [0.1, 0.15) is 21.6 Å². The van der Waals surface area contributed by atoms with Gasteiger partial charge in [0.1, 0.15) is 12.3 Å². The van der Waals surface area contributed by atoms with Crippen molar-refractivity contribution in [3.63, 3.8) is 0 Å². The summed E-state index contributed by atoms with van der Waals surface area (Å²) < 4.78 is 76.2. The Labute approximate surface area is 131 Å². The van der Waals surface area contributed by atoms with E-state index in [4.69, 9.17) is 5.11 Å². The monoisotopic (exact) mass is 349 g/mol. The fourth-order valence-corrected chi connectivity index (χ4v) is 1.91. The van der Waals surface area contributed by atoms with E-state index >= 15 is 0 Å². The molecule has 0 spiro atoms. The number of hydrogen-bond donors (Lipinski definition) is 1. The summed E-state index contributed by atoms with van der Waals surface area (Å²) in [7, 11) is 0. The lowest BCUT2D eigenvalue weighted by molar-refractivity contribution is -0.141. The van der Waals surface area contributed by atoms with Crippen molar-refractivity contribution < 1.29 is 36.2 Å². The van der Waals surface area contributed by atoms with Crippen molar-refractivity contribution in [3.8, 4) is 11.3 Å². The zero-order valence-electron chi connectivity index (χ0n) is 11.7. The normalized spacial score (nSPS) is 12.3. The lowest BCUT2D eigenvalue weighted by Crippen LogP contribution is -2.13. The molecule has 2 aromatic rings. The van der Waals surface area contributed by atoms with Gasteiger partial charge in [-0.05, 0) is 24.3 Å². The second-order valence-electron chi connectivity index (χ2n) is 4.78. The molecule has 0 amide bonds. The second kappa shape index (κ2) is 6.23. The van der Waals surface area contributed by atoms with Crippen LogP contribution < -0.4 is 0 Å². The van der Waals surface area contributed by atoms with Crippen molar-refractivity contribution in [2.45, 2.75) is 12.4 Å². The van der Waals surface area contributed by atoms with Gasteiger partial charge in [0.2, 0.25) is 0 Å². The minimum Gasteiger partial charge on any atom is -0.388 e. The Morgan fingerprint density at radius 2 is 1.54 bits per heavy atom. The molecule has 0 fully saturated rings. The Bertz CT molecular complexity index is 750. The maximum atomic E-state index is 12.9. The van der Waals surface area contributed by atoms with E-state index in [-0.39, 0.29) is 11.3 Å². The van der Waals surface area contributed by atoms with Gasteiger partial charge >= 0.3 is 12.4 Å². The minimum absolute atomic E-state index is 0.0268. The summed E-state index contributed by atoms with van der Waals surface area (Å²) >= 11 is 0. The van der Waals surface area contributed by atoms with Gasteiger partial charge in [-0.2, -0.15) is 26.3 Å². The number of nitrogens with zero attached hydrogens (tertiary/aromatic N) is 1. The SMILES string of the molecule is O=C(CO)c1cc(-c2ccc(C(F)(F)F)cc2)nc(C(F)(F)F)c1. The smallest absolute Gasteiger partial charge is 0.388 e. The van der Waals surface area contributed by atoms with Crippen molar-refractivity contribution >= 4 is 5.78 Å². The predicted molar refractivity (Wildman–Crippen MR) is 71.1 cm³/mol. The first-order chi connectivity index (χ1) is 11.0.